The molecule has 2 N–H and O–H groups in total. The van der Waals surface area contributed by atoms with Gasteiger partial charge in [0.2, 0.25) is 23.1 Å². The highest BCUT2D eigenvalue weighted by molar-refractivity contribution is 6.28. The lowest BCUT2D eigenvalue weighted by Crippen LogP contribution is -2.35. The largest absolute Gasteiger partial charge is 0.359 e. The molecule has 1 heterocycles. The number of amides is 1. The number of nitrogens with one attached hydrogen (secondary N) is 2. The Morgan fingerprint density at radius 2 is 2.06 bits per heavy atom. The topological polar surface area (TPSA) is 83.0 Å². The molecule has 0 saturated heterocycles. The molecule has 1 atom stereocenters. The summed E-state index contributed by atoms with van der Waals surface area (Å²) in [6.45, 7) is 2.32. The van der Waals surface area contributed by atoms with Gasteiger partial charge in [-0.3, -0.25) is 4.79 Å². The summed E-state index contributed by atoms with van der Waals surface area (Å²) in [6.07, 6.45) is 0. The minimum absolute atomic E-state index is 0.0316. The van der Waals surface area contributed by atoms with Crippen LogP contribution in [0.25, 0.3) is 0 Å². The summed E-state index contributed by atoms with van der Waals surface area (Å²) in [5, 5.41) is 5.51. The second-order valence-electron chi connectivity index (χ2n) is 3.87. The van der Waals surface area contributed by atoms with Crippen molar-refractivity contribution in [3.63, 3.8) is 0 Å². The first kappa shape index (κ1) is 14.4. The standard InChI is InChI=1S/C10H17ClN6O/c1-6(7(18)12-2)5-17(4)10-15-8(11)14-9(13-3)16-10/h6H,5H2,1-4H3,(H,12,18)(H,13,14,15,16). The molecule has 7 nitrogen and oxygen atoms in total. The minimum Gasteiger partial charge on any atom is -0.359 e. The van der Waals surface area contributed by atoms with Crippen molar-refractivity contribution in [2.45, 2.75) is 6.92 Å². The Balaban J connectivity index is 2.80. The number of hydrogen-bond acceptors (Lipinski definition) is 6. The Kier molecular flexibility index (Phi) is 5.08. The number of rotatable bonds is 5. The highest BCUT2D eigenvalue weighted by Gasteiger charge is 2.16. The fraction of sp³-hybridized carbons (Fsp3) is 0.600. The average Bonchev–Trinajstić information content (AvgIpc) is 2.36. The zero-order chi connectivity index (χ0) is 13.7. The Morgan fingerprint density at radius 3 is 2.61 bits per heavy atom. The lowest BCUT2D eigenvalue weighted by molar-refractivity contribution is -0.123. The molecule has 0 aromatic carbocycles. The number of carbonyl (C=O) groups is 1. The summed E-state index contributed by atoms with van der Waals surface area (Å²) < 4.78 is 0. The quantitative estimate of drug-likeness (QED) is 0.807. The molecule has 0 aliphatic carbocycles. The fourth-order valence-corrected chi connectivity index (χ4v) is 1.60. The number of aromatic nitrogens is 3. The summed E-state index contributed by atoms with van der Waals surface area (Å²) in [4.78, 5) is 25.3. The molecular weight excluding hydrogens is 256 g/mol. The second kappa shape index (κ2) is 6.34. The third-order valence-electron chi connectivity index (χ3n) is 2.40. The van der Waals surface area contributed by atoms with Crippen molar-refractivity contribution in [2.75, 3.05) is 37.9 Å². The first-order valence-electron chi connectivity index (χ1n) is 5.50. The SMILES string of the molecule is CNC(=O)C(C)CN(C)c1nc(Cl)nc(NC)n1. The predicted molar refractivity (Wildman–Crippen MR) is 70.9 cm³/mol. The van der Waals surface area contributed by atoms with Crippen LogP contribution in [0.15, 0.2) is 0 Å². The molecule has 1 unspecified atom stereocenters. The van der Waals surface area contributed by atoms with E-state index in [1.807, 2.05) is 6.92 Å². The normalized spacial score (nSPS) is 11.8. The molecule has 1 amide bonds. The highest BCUT2D eigenvalue weighted by atomic mass is 35.5. The van der Waals surface area contributed by atoms with Gasteiger partial charge in [0, 0.05) is 27.7 Å². The molecule has 0 aliphatic heterocycles. The summed E-state index contributed by atoms with van der Waals surface area (Å²) >= 11 is 5.79. The van der Waals surface area contributed by atoms with Gasteiger partial charge in [0.05, 0.1) is 5.92 Å². The first-order valence-corrected chi connectivity index (χ1v) is 5.87. The van der Waals surface area contributed by atoms with Crippen LogP contribution in [0.3, 0.4) is 0 Å². The number of carbonyl (C=O) groups excluding carboxylic acids is 1. The number of halogens is 1. The van der Waals surface area contributed by atoms with Crippen LogP contribution in [0, 0.1) is 5.92 Å². The molecule has 0 aliphatic rings. The summed E-state index contributed by atoms with van der Waals surface area (Å²) in [5.41, 5.74) is 0. The van der Waals surface area contributed by atoms with Crippen molar-refractivity contribution in [3.05, 3.63) is 5.28 Å². The lowest BCUT2D eigenvalue weighted by atomic mass is 10.1. The second-order valence-corrected chi connectivity index (χ2v) is 4.21. The van der Waals surface area contributed by atoms with Crippen molar-refractivity contribution in [1.82, 2.24) is 20.3 Å². The van der Waals surface area contributed by atoms with Gasteiger partial charge >= 0.3 is 0 Å². The number of anilines is 2. The summed E-state index contributed by atoms with van der Waals surface area (Å²) in [5.74, 6) is 0.615. The molecule has 0 fully saturated rings. The fourth-order valence-electron chi connectivity index (χ4n) is 1.44. The van der Waals surface area contributed by atoms with Crippen molar-refractivity contribution in [2.24, 2.45) is 5.92 Å². The van der Waals surface area contributed by atoms with E-state index in [1.165, 1.54) is 0 Å². The maximum absolute atomic E-state index is 11.4. The van der Waals surface area contributed by atoms with E-state index in [0.717, 1.165) is 0 Å². The van der Waals surface area contributed by atoms with Crippen LogP contribution in [0.5, 0.6) is 0 Å². The van der Waals surface area contributed by atoms with Gasteiger partial charge in [0.25, 0.3) is 0 Å². The van der Waals surface area contributed by atoms with E-state index in [0.29, 0.717) is 18.4 Å². The molecule has 0 bridgehead atoms. The molecule has 100 valence electrons. The predicted octanol–water partition coefficient (Wildman–Crippen LogP) is 0.385. The Morgan fingerprint density at radius 1 is 1.39 bits per heavy atom. The van der Waals surface area contributed by atoms with Gasteiger partial charge in [-0.05, 0) is 11.6 Å². The van der Waals surface area contributed by atoms with E-state index in [9.17, 15) is 4.79 Å². The smallest absolute Gasteiger partial charge is 0.231 e. The molecule has 0 spiro atoms. The van der Waals surface area contributed by atoms with Crippen LogP contribution in [0.2, 0.25) is 5.28 Å². The van der Waals surface area contributed by atoms with E-state index >= 15 is 0 Å². The van der Waals surface area contributed by atoms with Gasteiger partial charge in [-0.15, -0.1) is 0 Å². The van der Waals surface area contributed by atoms with Gasteiger partial charge in [0.15, 0.2) is 0 Å². The van der Waals surface area contributed by atoms with E-state index in [1.54, 1.807) is 26.0 Å². The number of hydrogen-bond donors (Lipinski definition) is 2. The van der Waals surface area contributed by atoms with Crippen molar-refractivity contribution in [1.29, 1.82) is 0 Å². The highest BCUT2D eigenvalue weighted by Crippen LogP contribution is 2.13. The Bertz CT molecular complexity index is 427. The lowest BCUT2D eigenvalue weighted by Gasteiger charge is -2.20. The minimum atomic E-state index is -0.173. The van der Waals surface area contributed by atoms with Crippen molar-refractivity contribution >= 4 is 29.4 Å². The van der Waals surface area contributed by atoms with Crippen LogP contribution in [-0.4, -0.2) is 48.5 Å². The molecule has 1 rings (SSSR count). The van der Waals surface area contributed by atoms with E-state index in [-0.39, 0.29) is 17.1 Å². The maximum Gasteiger partial charge on any atom is 0.231 e. The first-order chi connectivity index (χ1) is 8.47. The third kappa shape index (κ3) is 3.69. The van der Waals surface area contributed by atoms with Gasteiger partial charge < -0.3 is 15.5 Å². The molecule has 8 heteroatoms. The van der Waals surface area contributed by atoms with Crippen molar-refractivity contribution < 1.29 is 4.79 Å². The van der Waals surface area contributed by atoms with Crippen LogP contribution in [0.4, 0.5) is 11.9 Å². The Hall–Kier alpha value is -1.63. The molecule has 0 radical (unpaired) electrons. The molecule has 1 aromatic rings. The van der Waals surface area contributed by atoms with Gasteiger partial charge in [0.1, 0.15) is 0 Å². The molecule has 1 aromatic heterocycles. The third-order valence-corrected chi connectivity index (χ3v) is 2.57. The molecular formula is C10H17ClN6O. The monoisotopic (exact) mass is 272 g/mol. The van der Waals surface area contributed by atoms with E-state index in [2.05, 4.69) is 25.6 Å². The van der Waals surface area contributed by atoms with Gasteiger partial charge in [-0.1, -0.05) is 6.92 Å². The average molecular weight is 273 g/mol. The van der Waals surface area contributed by atoms with Crippen LogP contribution < -0.4 is 15.5 Å². The maximum atomic E-state index is 11.4. The molecule has 18 heavy (non-hydrogen) atoms. The van der Waals surface area contributed by atoms with Crippen LogP contribution in [0.1, 0.15) is 6.92 Å². The van der Waals surface area contributed by atoms with Crippen molar-refractivity contribution in [3.8, 4) is 0 Å². The zero-order valence-corrected chi connectivity index (χ0v) is 11.6. The summed E-state index contributed by atoms with van der Waals surface area (Å²) in [7, 11) is 5.10. The van der Waals surface area contributed by atoms with Gasteiger partial charge in [-0.2, -0.15) is 15.0 Å². The molecule has 0 saturated carbocycles. The van der Waals surface area contributed by atoms with Gasteiger partial charge in [-0.25, -0.2) is 0 Å². The van der Waals surface area contributed by atoms with Crippen LogP contribution in [-0.2, 0) is 4.79 Å². The Labute approximate surface area is 111 Å². The van der Waals surface area contributed by atoms with E-state index < -0.39 is 0 Å². The number of nitrogens with zero attached hydrogens (tertiary/aromatic N) is 4. The van der Waals surface area contributed by atoms with Crippen LogP contribution >= 0.6 is 11.6 Å². The van der Waals surface area contributed by atoms with E-state index in [4.69, 9.17) is 11.6 Å². The summed E-state index contributed by atoms with van der Waals surface area (Å²) in [6, 6.07) is 0. The zero-order valence-electron chi connectivity index (χ0n) is 10.9.